The van der Waals surface area contributed by atoms with Gasteiger partial charge in [-0.05, 0) is 36.6 Å². The molecule has 0 aliphatic heterocycles. The number of halogens is 2. The highest BCUT2D eigenvalue weighted by molar-refractivity contribution is 7.83. The van der Waals surface area contributed by atoms with Gasteiger partial charge >= 0.3 is 10.3 Å². The summed E-state index contributed by atoms with van der Waals surface area (Å²) < 4.78 is 33.2. The van der Waals surface area contributed by atoms with E-state index in [1.54, 1.807) is 24.3 Å². The number of nitrogens with zero attached hydrogens (tertiary/aromatic N) is 2. The normalized spacial score (nSPS) is 20.9. The van der Waals surface area contributed by atoms with Crippen molar-refractivity contribution in [3.05, 3.63) is 73.8 Å². The van der Waals surface area contributed by atoms with Gasteiger partial charge in [0.05, 0.1) is 26.9 Å². The summed E-state index contributed by atoms with van der Waals surface area (Å²) in [4.78, 5) is 21.9. The average molecular weight is 572 g/mol. The van der Waals surface area contributed by atoms with Gasteiger partial charge in [0.2, 0.25) is 5.78 Å². The van der Waals surface area contributed by atoms with E-state index in [9.17, 15) is 18.3 Å². The number of carbonyl (C=O) groups excluding carboxylic acids is 1. The van der Waals surface area contributed by atoms with Gasteiger partial charge < -0.3 is 16.2 Å². The monoisotopic (exact) mass is 571 g/mol. The second-order valence-electron chi connectivity index (χ2n) is 8.45. The third-order valence-electron chi connectivity index (χ3n) is 5.96. The predicted octanol–water partition coefficient (Wildman–Crippen LogP) is 3.07. The summed E-state index contributed by atoms with van der Waals surface area (Å²) in [5, 5.41) is 14.0. The SMILES string of the molecule is N[C@@H](c1cccc(Cl)c1)c1cc(C(=O)c2cncnc2N[C@@H]2C[C@H](CNS(=O)(=O)O)[C@@H](O)C2)sc1Cl. The smallest absolute Gasteiger partial charge is 0.333 e. The van der Waals surface area contributed by atoms with Gasteiger partial charge in [-0.25, -0.2) is 9.97 Å². The van der Waals surface area contributed by atoms with Gasteiger partial charge in [-0.2, -0.15) is 13.1 Å². The molecule has 6 N–H and O–H groups in total. The summed E-state index contributed by atoms with van der Waals surface area (Å²) in [5.41, 5.74) is 7.95. The van der Waals surface area contributed by atoms with Crippen LogP contribution in [0.3, 0.4) is 0 Å². The molecule has 1 fully saturated rings. The number of rotatable bonds is 9. The fourth-order valence-electron chi connectivity index (χ4n) is 4.18. The number of thiophene rings is 1. The van der Waals surface area contributed by atoms with Crippen molar-refractivity contribution in [3.8, 4) is 0 Å². The first-order chi connectivity index (χ1) is 17.0. The predicted molar refractivity (Wildman–Crippen MR) is 138 cm³/mol. The molecule has 0 unspecified atom stereocenters. The molecule has 3 aromatic rings. The van der Waals surface area contributed by atoms with Crippen LogP contribution in [-0.4, -0.2) is 52.5 Å². The number of anilines is 1. The van der Waals surface area contributed by atoms with E-state index >= 15 is 0 Å². The van der Waals surface area contributed by atoms with E-state index in [-0.39, 0.29) is 29.8 Å². The fraction of sp³-hybridized carbons (Fsp3) is 0.318. The molecule has 10 nitrogen and oxygen atoms in total. The van der Waals surface area contributed by atoms with Gasteiger partial charge in [0, 0.05) is 35.3 Å². The Morgan fingerprint density at radius 2 is 2.06 bits per heavy atom. The van der Waals surface area contributed by atoms with Gasteiger partial charge in [0.25, 0.3) is 0 Å². The van der Waals surface area contributed by atoms with Crippen LogP contribution < -0.4 is 15.8 Å². The molecule has 4 rings (SSSR count). The zero-order chi connectivity index (χ0) is 26.0. The summed E-state index contributed by atoms with van der Waals surface area (Å²) in [6, 6.07) is 7.88. The molecule has 0 radical (unpaired) electrons. The minimum absolute atomic E-state index is 0.114. The summed E-state index contributed by atoms with van der Waals surface area (Å²) in [7, 11) is -4.36. The molecule has 36 heavy (non-hydrogen) atoms. The molecule has 0 saturated heterocycles. The van der Waals surface area contributed by atoms with Crippen molar-refractivity contribution < 1.29 is 22.9 Å². The van der Waals surface area contributed by atoms with E-state index in [2.05, 4.69) is 15.3 Å². The first-order valence-electron chi connectivity index (χ1n) is 10.8. The number of aromatic nitrogens is 2. The van der Waals surface area contributed by atoms with Crippen LogP contribution in [0.25, 0.3) is 0 Å². The molecular formula is C22H23Cl2N5O5S2. The van der Waals surface area contributed by atoms with Gasteiger partial charge in [-0.3, -0.25) is 9.35 Å². The second-order valence-corrected chi connectivity index (χ2v) is 11.8. The Morgan fingerprint density at radius 1 is 1.28 bits per heavy atom. The Bertz CT molecular complexity index is 1370. The Balaban J connectivity index is 1.51. The van der Waals surface area contributed by atoms with Crippen LogP contribution in [0.4, 0.5) is 5.82 Å². The van der Waals surface area contributed by atoms with Crippen LogP contribution in [0, 0.1) is 5.92 Å². The van der Waals surface area contributed by atoms with E-state index in [0.29, 0.717) is 32.6 Å². The quantitative estimate of drug-likeness (QED) is 0.191. The van der Waals surface area contributed by atoms with E-state index in [0.717, 1.165) is 16.9 Å². The van der Waals surface area contributed by atoms with Crippen molar-refractivity contribution in [1.29, 1.82) is 0 Å². The number of benzene rings is 1. The molecule has 1 aromatic carbocycles. The number of hydrogen-bond acceptors (Lipinski definition) is 9. The topological polar surface area (TPSA) is 168 Å². The molecule has 0 bridgehead atoms. The number of hydrogen-bond donors (Lipinski definition) is 5. The molecule has 0 spiro atoms. The minimum Gasteiger partial charge on any atom is -0.393 e. The zero-order valence-corrected chi connectivity index (χ0v) is 21.8. The first-order valence-corrected chi connectivity index (χ1v) is 13.8. The molecule has 1 aliphatic carbocycles. The number of nitrogens with two attached hydrogens (primary N) is 1. The van der Waals surface area contributed by atoms with E-state index < -0.39 is 28.4 Å². The highest BCUT2D eigenvalue weighted by atomic mass is 35.5. The second kappa shape index (κ2) is 11.1. The number of aliphatic hydroxyl groups excluding tert-OH is 1. The third-order valence-corrected chi connectivity index (χ3v) is 8.12. The summed E-state index contributed by atoms with van der Waals surface area (Å²) in [6.45, 7) is -0.114. The van der Waals surface area contributed by atoms with Gasteiger partial charge in [0.15, 0.2) is 0 Å². The highest BCUT2D eigenvalue weighted by Crippen LogP contribution is 2.36. The van der Waals surface area contributed by atoms with Crippen molar-refractivity contribution in [2.24, 2.45) is 11.7 Å². The number of carbonyl (C=O) groups is 1. The Kier molecular flexibility index (Phi) is 8.27. The molecule has 192 valence electrons. The maximum Gasteiger partial charge on any atom is 0.333 e. The molecule has 4 atom stereocenters. The van der Waals surface area contributed by atoms with E-state index in [1.165, 1.54) is 12.5 Å². The van der Waals surface area contributed by atoms with Crippen LogP contribution in [0.15, 0.2) is 42.9 Å². The number of ketones is 1. The van der Waals surface area contributed by atoms with Gasteiger partial charge in [0.1, 0.15) is 12.1 Å². The molecule has 1 aliphatic rings. The summed E-state index contributed by atoms with van der Waals surface area (Å²) in [6.07, 6.45) is 2.59. The Hall–Kier alpha value is -2.16. The average Bonchev–Trinajstić information content (AvgIpc) is 3.38. The Labute approximate surface area is 221 Å². The largest absolute Gasteiger partial charge is 0.393 e. The van der Waals surface area contributed by atoms with Crippen LogP contribution in [-0.2, 0) is 10.3 Å². The van der Waals surface area contributed by atoms with E-state index in [1.807, 2.05) is 10.8 Å². The van der Waals surface area contributed by atoms with Crippen molar-refractivity contribution in [2.75, 3.05) is 11.9 Å². The minimum atomic E-state index is -4.36. The third kappa shape index (κ3) is 6.39. The van der Waals surface area contributed by atoms with Crippen LogP contribution >= 0.6 is 34.5 Å². The summed E-state index contributed by atoms with van der Waals surface area (Å²) >= 11 is 13.6. The van der Waals surface area contributed by atoms with Crippen LogP contribution in [0.1, 0.15) is 45.2 Å². The Morgan fingerprint density at radius 3 is 2.78 bits per heavy atom. The van der Waals surface area contributed by atoms with Gasteiger partial charge in [-0.1, -0.05) is 35.3 Å². The lowest BCUT2D eigenvalue weighted by Crippen LogP contribution is -2.32. The lowest BCUT2D eigenvalue weighted by molar-refractivity contribution is 0.104. The standard InChI is InChI=1S/C22H23Cl2N5O5S2/c23-13-3-1-2-11(4-13)19(25)15-7-18(35-21(15)24)20(31)16-9-26-10-27-22(16)29-14-5-12(17(30)6-14)8-28-36(32,33)34/h1-4,7,9-10,12,14,17,19,28,30H,5-6,8,25H2,(H,26,27,29)(H,32,33,34)/t12-,14-,17+,19+/m1/s1. The number of aliphatic hydroxyl groups is 1. The molecule has 14 heteroatoms. The summed E-state index contributed by atoms with van der Waals surface area (Å²) in [5.74, 6) is -0.490. The lowest BCUT2D eigenvalue weighted by Gasteiger charge is -2.15. The lowest BCUT2D eigenvalue weighted by atomic mass is 10.0. The molecule has 0 amide bonds. The van der Waals surface area contributed by atoms with Crippen molar-refractivity contribution >= 4 is 56.4 Å². The van der Waals surface area contributed by atoms with Crippen LogP contribution in [0.5, 0.6) is 0 Å². The number of nitrogens with one attached hydrogen (secondary N) is 2. The maximum atomic E-state index is 13.4. The molecule has 2 aromatic heterocycles. The van der Waals surface area contributed by atoms with E-state index in [4.69, 9.17) is 33.5 Å². The van der Waals surface area contributed by atoms with Crippen molar-refractivity contribution in [3.63, 3.8) is 0 Å². The maximum absolute atomic E-state index is 13.4. The molecule has 1 saturated carbocycles. The van der Waals surface area contributed by atoms with Gasteiger partial charge in [-0.15, -0.1) is 11.3 Å². The van der Waals surface area contributed by atoms with Crippen LogP contribution in [0.2, 0.25) is 9.36 Å². The van der Waals surface area contributed by atoms with Crippen molar-refractivity contribution in [2.45, 2.75) is 31.0 Å². The first kappa shape index (κ1) is 26.9. The fourth-order valence-corrected chi connectivity index (χ4v) is 6.11. The highest BCUT2D eigenvalue weighted by Gasteiger charge is 2.34. The van der Waals surface area contributed by atoms with Crippen molar-refractivity contribution in [1.82, 2.24) is 14.7 Å². The zero-order valence-electron chi connectivity index (χ0n) is 18.6. The molecule has 2 heterocycles. The molecular weight excluding hydrogens is 549 g/mol.